The Kier molecular flexibility index (Phi) is 6.69. The summed E-state index contributed by atoms with van der Waals surface area (Å²) < 4.78 is 29.6. The maximum absolute atomic E-state index is 12.7. The summed E-state index contributed by atoms with van der Waals surface area (Å²) in [6.07, 6.45) is 0. The van der Waals surface area contributed by atoms with Gasteiger partial charge < -0.3 is 15.0 Å². The number of para-hydroxylation sites is 2. The van der Waals surface area contributed by atoms with Gasteiger partial charge in [-0.25, -0.2) is 0 Å². The lowest BCUT2D eigenvalue weighted by Crippen LogP contribution is -2.53. The molecule has 1 N–H and O–H groups in total. The predicted octanol–water partition coefficient (Wildman–Crippen LogP) is 4.05. The van der Waals surface area contributed by atoms with Crippen LogP contribution in [-0.2, 0) is 4.79 Å². The molecule has 2 aromatic rings. The SMILES string of the molecule is Cc1cccc(N2CCN([C@H](C)C(=O)Nc3ccccc3OC(F)F)CC2)c1C. The standard InChI is InChI=1S/C22H27F2N3O2/c1-15-7-6-9-19(16(15)2)27-13-11-26(12-14-27)17(3)21(28)25-18-8-4-5-10-20(18)29-22(23)24/h4-10,17,22H,11-14H2,1-3H3,(H,25,28)/t17-/m1/s1. The summed E-state index contributed by atoms with van der Waals surface area (Å²) in [5.74, 6) is -0.279. The van der Waals surface area contributed by atoms with Gasteiger partial charge in [-0.3, -0.25) is 9.69 Å². The first-order valence-corrected chi connectivity index (χ1v) is 9.76. The number of hydrogen-bond donors (Lipinski definition) is 1. The van der Waals surface area contributed by atoms with E-state index in [0.29, 0.717) is 0 Å². The molecular weight excluding hydrogens is 376 g/mol. The Morgan fingerprint density at radius 2 is 1.72 bits per heavy atom. The number of ether oxygens (including phenoxy) is 1. The first kappa shape index (κ1) is 21.0. The molecule has 1 fully saturated rings. The highest BCUT2D eigenvalue weighted by atomic mass is 19.3. The van der Waals surface area contributed by atoms with Gasteiger partial charge in [-0.05, 0) is 50.1 Å². The summed E-state index contributed by atoms with van der Waals surface area (Å²) >= 11 is 0. The van der Waals surface area contributed by atoms with Crippen LogP contribution in [0.5, 0.6) is 5.75 Å². The minimum atomic E-state index is -2.94. The zero-order valence-electron chi connectivity index (χ0n) is 17.0. The first-order chi connectivity index (χ1) is 13.9. The number of aryl methyl sites for hydroxylation is 1. The molecule has 0 radical (unpaired) electrons. The maximum atomic E-state index is 12.7. The number of carbonyl (C=O) groups is 1. The van der Waals surface area contributed by atoms with Crippen molar-refractivity contribution in [3.05, 3.63) is 53.6 Å². The minimum Gasteiger partial charge on any atom is -0.433 e. The van der Waals surface area contributed by atoms with Gasteiger partial charge in [0.1, 0.15) is 5.75 Å². The molecule has 3 rings (SSSR count). The van der Waals surface area contributed by atoms with Crippen LogP contribution in [0.2, 0.25) is 0 Å². The highest BCUT2D eigenvalue weighted by molar-refractivity contribution is 5.95. The van der Waals surface area contributed by atoms with Gasteiger partial charge >= 0.3 is 6.61 Å². The first-order valence-electron chi connectivity index (χ1n) is 9.76. The van der Waals surface area contributed by atoms with Crippen molar-refractivity contribution in [2.45, 2.75) is 33.4 Å². The molecule has 2 aromatic carbocycles. The lowest BCUT2D eigenvalue weighted by Gasteiger charge is -2.39. The van der Waals surface area contributed by atoms with Crippen molar-refractivity contribution in [2.75, 3.05) is 36.4 Å². The van der Waals surface area contributed by atoms with Crippen molar-refractivity contribution in [1.82, 2.24) is 4.90 Å². The van der Waals surface area contributed by atoms with Crippen LogP contribution >= 0.6 is 0 Å². The summed E-state index contributed by atoms with van der Waals surface area (Å²) in [5, 5.41) is 2.72. The van der Waals surface area contributed by atoms with E-state index in [2.05, 4.69) is 51.9 Å². The molecule has 1 saturated heterocycles. The highest BCUT2D eigenvalue weighted by Gasteiger charge is 2.27. The molecule has 1 aliphatic rings. The number of anilines is 2. The van der Waals surface area contributed by atoms with E-state index in [-0.39, 0.29) is 23.4 Å². The van der Waals surface area contributed by atoms with Gasteiger partial charge in [-0.2, -0.15) is 8.78 Å². The molecule has 0 aromatic heterocycles. The number of piperazine rings is 1. The van der Waals surface area contributed by atoms with Crippen LogP contribution in [0.4, 0.5) is 20.2 Å². The molecule has 7 heteroatoms. The van der Waals surface area contributed by atoms with Gasteiger partial charge in [0.2, 0.25) is 5.91 Å². The molecule has 5 nitrogen and oxygen atoms in total. The Morgan fingerprint density at radius 1 is 1.03 bits per heavy atom. The molecule has 1 aliphatic heterocycles. The fraction of sp³-hybridized carbons (Fsp3) is 0.409. The van der Waals surface area contributed by atoms with Crippen molar-refractivity contribution in [3.8, 4) is 5.75 Å². The van der Waals surface area contributed by atoms with Gasteiger partial charge in [-0.15, -0.1) is 0 Å². The molecule has 156 valence electrons. The third-order valence-electron chi connectivity index (χ3n) is 5.52. The molecular formula is C22H27F2N3O2. The van der Waals surface area contributed by atoms with E-state index in [1.165, 1.54) is 22.9 Å². The second kappa shape index (κ2) is 9.22. The summed E-state index contributed by atoms with van der Waals surface area (Å²) in [6.45, 7) is 6.28. The van der Waals surface area contributed by atoms with Gasteiger partial charge in [0.05, 0.1) is 11.7 Å². The van der Waals surface area contributed by atoms with E-state index in [9.17, 15) is 13.6 Å². The lowest BCUT2D eigenvalue weighted by atomic mass is 10.1. The average Bonchev–Trinajstić information content (AvgIpc) is 2.71. The van der Waals surface area contributed by atoms with Crippen LogP contribution in [0.1, 0.15) is 18.1 Å². The third kappa shape index (κ3) is 5.03. The predicted molar refractivity (Wildman–Crippen MR) is 111 cm³/mol. The highest BCUT2D eigenvalue weighted by Crippen LogP contribution is 2.27. The number of halogens is 2. The molecule has 0 aliphatic carbocycles. The fourth-order valence-corrected chi connectivity index (χ4v) is 3.60. The molecule has 29 heavy (non-hydrogen) atoms. The van der Waals surface area contributed by atoms with Crippen molar-refractivity contribution >= 4 is 17.3 Å². The second-order valence-electron chi connectivity index (χ2n) is 7.28. The van der Waals surface area contributed by atoms with Gasteiger partial charge in [0.25, 0.3) is 0 Å². The summed E-state index contributed by atoms with van der Waals surface area (Å²) in [5.41, 5.74) is 4.03. The molecule has 0 saturated carbocycles. The minimum absolute atomic E-state index is 0.0391. The largest absolute Gasteiger partial charge is 0.433 e. The third-order valence-corrected chi connectivity index (χ3v) is 5.52. The van der Waals surface area contributed by atoms with E-state index >= 15 is 0 Å². The number of hydrogen-bond acceptors (Lipinski definition) is 4. The fourth-order valence-electron chi connectivity index (χ4n) is 3.60. The second-order valence-corrected chi connectivity index (χ2v) is 7.28. The van der Waals surface area contributed by atoms with Crippen LogP contribution in [-0.4, -0.2) is 49.6 Å². The number of nitrogens with zero attached hydrogens (tertiary/aromatic N) is 2. The number of alkyl halides is 2. The van der Waals surface area contributed by atoms with Crippen molar-refractivity contribution in [3.63, 3.8) is 0 Å². The number of carbonyl (C=O) groups excluding carboxylic acids is 1. The van der Waals surface area contributed by atoms with Crippen LogP contribution in [0.15, 0.2) is 42.5 Å². The summed E-state index contributed by atoms with van der Waals surface area (Å²) in [7, 11) is 0. The number of nitrogens with one attached hydrogen (secondary N) is 1. The number of benzene rings is 2. The molecule has 1 heterocycles. The number of amides is 1. The van der Waals surface area contributed by atoms with Crippen molar-refractivity contribution in [1.29, 1.82) is 0 Å². The van der Waals surface area contributed by atoms with E-state index in [1.54, 1.807) is 18.2 Å². The Hall–Kier alpha value is -2.67. The molecule has 0 unspecified atom stereocenters. The Bertz CT molecular complexity index is 852. The normalized spacial score (nSPS) is 16.0. The Labute approximate surface area is 170 Å². The van der Waals surface area contributed by atoms with Crippen molar-refractivity contribution < 1.29 is 18.3 Å². The van der Waals surface area contributed by atoms with Gasteiger partial charge in [0, 0.05) is 31.9 Å². The van der Waals surface area contributed by atoms with Gasteiger partial charge in [-0.1, -0.05) is 24.3 Å². The maximum Gasteiger partial charge on any atom is 0.387 e. The molecule has 1 atom stereocenters. The summed E-state index contributed by atoms with van der Waals surface area (Å²) in [4.78, 5) is 17.1. The monoisotopic (exact) mass is 403 g/mol. The van der Waals surface area contributed by atoms with Crippen LogP contribution in [0.3, 0.4) is 0 Å². The molecule has 0 bridgehead atoms. The molecule has 1 amide bonds. The quantitative estimate of drug-likeness (QED) is 0.790. The van der Waals surface area contributed by atoms with Crippen LogP contribution in [0, 0.1) is 13.8 Å². The zero-order chi connectivity index (χ0) is 21.0. The number of rotatable bonds is 6. The smallest absolute Gasteiger partial charge is 0.387 e. The lowest BCUT2D eigenvalue weighted by molar-refractivity contribution is -0.120. The Morgan fingerprint density at radius 3 is 2.41 bits per heavy atom. The van der Waals surface area contributed by atoms with Crippen LogP contribution in [0.25, 0.3) is 0 Å². The van der Waals surface area contributed by atoms with Crippen molar-refractivity contribution in [2.24, 2.45) is 0 Å². The molecule has 0 spiro atoms. The zero-order valence-corrected chi connectivity index (χ0v) is 17.0. The van der Waals surface area contributed by atoms with Crippen LogP contribution < -0.4 is 15.0 Å². The van der Waals surface area contributed by atoms with Gasteiger partial charge in [0.15, 0.2) is 0 Å². The van der Waals surface area contributed by atoms with E-state index in [1.807, 2.05) is 6.92 Å². The van der Waals surface area contributed by atoms with E-state index < -0.39 is 6.61 Å². The van der Waals surface area contributed by atoms with E-state index in [0.717, 1.165) is 26.2 Å². The Balaban J connectivity index is 1.60. The topological polar surface area (TPSA) is 44.8 Å². The average molecular weight is 403 g/mol. The van der Waals surface area contributed by atoms with E-state index in [4.69, 9.17) is 0 Å². The summed E-state index contributed by atoms with van der Waals surface area (Å²) in [6, 6.07) is 12.2.